The molecule has 0 amide bonds. The molecule has 0 N–H and O–H groups in total. The number of ether oxygens (including phenoxy) is 1. The van der Waals surface area contributed by atoms with Gasteiger partial charge in [-0.3, -0.25) is 0 Å². The molecular formula is C24H27ClN4OS. The highest BCUT2D eigenvalue weighted by Gasteiger charge is 2.16. The van der Waals surface area contributed by atoms with Crippen LogP contribution in [0.2, 0.25) is 5.02 Å². The summed E-state index contributed by atoms with van der Waals surface area (Å²) in [5.74, 6) is 1.61. The third kappa shape index (κ3) is 5.43. The Balaban J connectivity index is 1.46. The van der Waals surface area contributed by atoms with Gasteiger partial charge in [-0.15, -0.1) is 0 Å². The number of nitrogens with zero attached hydrogens (tertiary/aromatic N) is 4. The van der Waals surface area contributed by atoms with Gasteiger partial charge in [0.15, 0.2) is 5.82 Å². The highest BCUT2D eigenvalue weighted by molar-refractivity contribution is 7.07. The van der Waals surface area contributed by atoms with Crippen molar-refractivity contribution in [2.24, 2.45) is 4.99 Å². The predicted molar refractivity (Wildman–Crippen MR) is 128 cm³/mol. The van der Waals surface area contributed by atoms with Gasteiger partial charge in [0.2, 0.25) is 0 Å². The summed E-state index contributed by atoms with van der Waals surface area (Å²) in [7, 11) is 0. The summed E-state index contributed by atoms with van der Waals surface area (Å²) < 4.78 is 10.6. The van der Waals surface area contributed by atoms with Crippen molar-refractivity contribution in [2.45, 2.75) is 46.0 Å². The van der Waals surface area contributed by atoms with Crippen LogP contribution < -0.4 is 4.74 Å². The first-order chi connectivity index (χ1) is 15.0. The minimum Gasteiger partial charge on any atom is -0.430 e. The highest BCUT2D eigenvalue weighted by Crippen LogP contribution is 2.33. The van der Waals surface area contributed by atoms with Gasteiger partial charge in [0.25, 0.3) is 5.19 Å². The molecule has 0 spiro atoms. The van der Waals surface area contributed by atoms with Gasteiger partial charge >= 0.3 is 0 Å². The zero-order valence-electron chi connectivity index (χ0n) is 18.1. The molecule has 0 bridgehead atoms. The largest absolute Gasteiger partial charge is 0.430 e. The minimum absolute atomic E-state index is 0.0696. The van der Waals surface area contributed by atoms with Gasteiger partial charge in [0.1, 0.15) is 5.75 Å². The topological polar surface area (TPSA) is 50.6 Å². The lowest BCUT2D eigenvalue weighted by atomic mass is 10.0. The van der Waals surface area contributed by atoms with E-state index in [4.69, 9.17) is 21.3 Å². The molecule has 162 valence electrons. The summed E-state index contributed by atoms with van der Waals surface area (Å²) in [6, 6.07) is 11.9. The van der Waals surface area contributed by atoms with Gasteiger partial charge < -0.3 is 9.64 Å². The zero-order chi connectivity index (χ0) is 21.8. The molecule has 0 aliphatic carbocycles. The maximum absolute atomic E-state index is 6.09. The van der Waals surface area contributed by atoms with Crippen molar-refractivity contribution in [1.29, 1.82) is 0 Å². The number of aliphatic imine (C=N–C) groups is 1. The van der Waals surface area contributed by atoms with Gasteiger partial charge in [-0.2, -0.15) is 9.36 Å². The van der Waals surface area contributed by atoms with Gasteiger partial charge in [0.05, 0.1) is 12.0 Å². The van der Waals surface area contributed by atoms with Crippen molar-refractivity contribution in [3.63, 3.8) is 0 Å². The molecule has 7 heteroatoms. The van der Waals surface area contributed by atoms with Crippen molar-refractivity contribution in [3.8, 4) is 10.9 Å². The van der Waals surface area contributed by atoms with Crippen LogP contribution in [0.1, 0.15) is 54.6 Å². The molecule has 1 unspecified atom stereocenters. The van der Waals surface area contributed by atoms with Crippen molar-refractivity contribution in [3.05, 3.63) is 63.9 Å². The van der Waals surface area contributed by atoms with Crippen LogP contribution in [0.5, 0.6) is 10.9 Å². The van der Waals surface area contributed by atoms with Gasteiger partial charge in [-0.25, -0.2) is 4.99 Å². The average molecular weight is 455 g/mol. The Bertz CT molecular complexity index is 1060. The van der Waals surface area contributed by atoms with Crippen LogP contribution in [-0.2, 0) is 0 Å². The summed E-state index contributed by atoms with van der Waals surface area (Å²) in [6.07, 6.45) is 5.80. The van der Waals surface area contributed by atoms with E-state index in [2.05, 4.69) is 34.2 Å². The van der Waals surface area contributed by atoms with Crippen molar-refractivity contribution < 1.29 is 4.74 Å². The SMILES string of the molecule is Cc1cc(Oc2nc(C(C)c3ccc(Cl)cc3)ns2)c(C)cc1N=CN1CCCCC1. The minimum atomic E-state index is 0.0696. The molecule has 1 aliphatic heterocycles. The zero-order valence-corrected chi connectivity index (χ0v) is 19.7. The Kier molecular flexibility index (Phi) is 6.88. The maximum atomic E-state index is 6.09. The second kappa shape index (κ2) is 9.79. The number of hydrogen-bond acceptors (Lipinski definition) is 5. The van der Waals surface area contributed by atoms with Gasteiger partial charge in [-0.1, -0.05) is 30.7 Å². The summed E-state index contributed by atoms with van der Waals surface area (Å²) >= 11 is 7.27. The number of halogens is 1. The maximum Gasteiger partial charge on any atom is 0.298 e. The third-order valence-corrected chi connectivity index (χ3v) is 6.48. The Morgan fingerprint density at radius 2 is 1.84 bits per heavy atom. The van der Waals surface area contributed by atoms with Crippen molar-refractivity contribution in [1.82, 2.24) is 14.3 Å². The Morgan fingerprint density at radius 3 is 2.58 bits per heavy atom. The molecule has 2 heterocycles. The van der Waals surface area contributed by atoms with E-state index in [0.717, 1.165) is 52.1 Å². The lowest BCUT2D eigenvalue weighted by Gasteiger charge is -2.23. The third-order valence-electron chi connectivity index (χ3n) is 5.62. The molecule has 1 fully saturated rings. The fourth-order valence-electron chi connectivity index (χ4n) is 3.63. The monoisotopic (exact) mass is 454 g/mol. The summed E-state index contributed by atoms with van der Waals surface area (Å²) in [6.45, 7) is 8.36. The normalized spacial score (nSPS) is 15.4. The van der Waals surface area contributed by atoms with Crippen molar-refractivity contribution >= 4 is 35.2 Å². The summed E-state index contributed by atoms with van der Waals surface area (Å²) in [5.41, 5.74) is 4.20. The number of piperidine rings is 1. The van der Waals surface area contributed by atoms with Gasteiger partial charge in [-0.05, 0) is 74.1 Å². The standard InChI is InChI=1S/C24H27ClN4OS/c1-16-14-22(17(2)13-21(16)26-15-29-11-5-4-6-12-29)30-24-27-23(28-31-24)18(3)19-7-9-20(25)10-8-19/h7-10,13-15,18H,4-6,11-12H2,1-3H3. The van der Waals surface area contributed by atoms with E-state index in [-0.39, 0.29) is 5.92 Å². The molecule has 1 aliphatic rings. The molecule has 0 radical (unpaired) electrons. The number of rotatable bonds is 6. The molecule has 5 nitrogen and oxygen atoms in total. The van der Waals surface area contributed by atoms with E-state index in [9.17, 15) is 0 Å². The first-order valence-corrected chi connectivity index (χ1v) is 11.8. The van der Waals surface area contributed by atoms with Crippen molar-refractivity contribution in [2.75, 3.05) is 13.1 Å². The molecule has 31 heavy (non-hydrogen) atoms. The number of benzene rings is 2. The Hall–Kier alpha value is -2.44. The summed E-state index contributed by atoms with van der Waals surface area (Å²) in [4.78, 5) is 11.6. The fraction of sp³-hybridized carbons (Fsp3) is 0.375. The second-order valence-corrected chi connectivity index (χ2v) is 9.19. The first kappa shape index (κ1) is 21.8. The predicted octanol–water partition coefficient (Wildman–Crippen LogP) is 6.90. The van der Waals surface area contributed by atoms with Crippen LogP contribution >= 0.6 is 23.1 Å². The van der Waals surface area contributed by atoms with E-state index in [1.165, 1.54) is 30.8 Å². The molecule has 1 saturated heterocycles. The summed E-state index contributed by atoms with van der Waals surface area (Å²) in [5, 5.41) is 1.27. The first-order valence-electron chi connectivity index (χ1n) is 10.7. The molecule has 1 atom stereocenters. The fourth-order valence-corrected chi connectivity index (χ4v) is 4.39. The number of hydrogen-bond donors (Lipinski definition) is 0. The van der Waals surface area contributed by atoms with Crippen LogP contribution in [0.3, 0.4) is 0 Å². The quantitative estimate of drug-likeness (QED) is 0.300. The average Bonchev–Trinajstić information content (AvgIpc) is 3.24. The van der Waals surface area contributed by atoms with E-state index in [0.29, 0.717) is 5.19 Å². The number of aryl methyl sites for hydroxylation is 2. The van der Waals surface area contributed by atoms with E-state index in [1.54, 1.807) is 0 Å². The van der Waals surface area contributed by atoms with Crippen LogP contribution in [0.25, 0.3) is 0 Å². The van der Waals surface area contributed by atoms with Crippen LogP contribution in [-0.4, -0.2) is 33.7 Å². The molecule has 3 aromatic rings. The molecule has 4 rings (SSSR count). The number of likely N-dealkylation sites (tertiary alicyclic amines) is 1. The second-order valence-electron chi connectivity index (χ2n) is 8.04. The molecule has 1 aromatic heterocycles. The smallest absolute Gasteiger partial charge is 0.298 e. The molecular weight excluding hydrogens is 428 g/mol. The Labute approximate surface area is 192 Å². The highest BCUT2D eigenvalue weighted by atomic mass is 35.5. The molecule has 2 aromatic carbocycles. The Morgan fingerprint density at radius 1 is 1.10 bits per heavy atom. The van der Waals surface area contributed by atoms with E-state index < -0.39 is 0 Å². The number of aromatic nitrogens is 2. The lowest BCUT2D eigenvalue weighted by Crippen LogP contribution is -2.28. The van der Waals surface area contributed by atoms with Crippen LogP contribution in [0.4, 0.5) is 5.69 Å². The van der Waals surface area contributed by atoms with Gasteiger partial charge in [0, 0.05) is 35.6 Å². The molecule has 0 saturated carbocycles. The van der Waals surface area contributed by atoms with Crippen LogP contribution in [0.15, 0.2) is 41.4 Å². The van der Waals surface area contributed by atoms with E-state index in [1.807, 2.05) is 43.6 Å². The van der Waals surface area contributed by atoms with Crippen LogP contribution in [0, 0.1) is 13.8 Å². The lowest BCUT2D eigenvalue weighted by molar-refractivity contribution is 0.351. The van der Waals surface area contributed by atoms with E-state index >= 15 is 0 Å².